The van der Waals surface area contributed by atoms with Crippen LogP contribution in [0.4, 0.5) is 0 Å². The molecule has 35 heavy (non-hydrogen) atoms. The monoisotopic (exact) mass is 490 g/mol. The maximum absolute atomic E-state index is 13.9. The van der Waals surface area contributed by atoms with Crippen LogP contribution >= 0.6 is 0 Å². The van der Waals surface area contributed by atoms with Gasteiger partial charge in [0.25, 0.3) is 0 Å². The van der Waals surface area contributed by atoms with Gasteiger partial charge in [-0.05, 0) is 47.8 Å². The summed E-state index contributed by atoms with van der Waals surface area (Å²) in [7, 11) is 0. The quantitative estimate of drug-likeness (QED) is 0.397. The molecule has 0 aromatic carbocycles. The van der Waals surface area contributed by atoms with Crippen molar-refractivity contribution in [2.75, 3.05) is 19.7 Å². The van der Waals surface area contributed by atoms with Gasteiger partial charge in [0.05, 0.1) is 12.6 Å². The number of rotatable bonds is 8. The van der Waals surface area contributed by atoms with Crippen LogP contribution in [0.1, 0.15) is 60.8 Å². The largest absolute Gasteiger partial charge is 0.394 e. The number of nitrogens with one attached hydrogen (secondary N) is 3. The van der Waals surface area contributed by atoms with Gasteiger partial charge in [-0.15, -0.1) is 0 Å². The second-order valence-electron chi connectivity index (χ2n) is 12.9. The molecule has 2 saturated carbocycles. The van der Waals surface area contributed by atoms with Crippen LogP contribution in [0.2, 0.25) is 0 Å². The van der Waals surface area contributed by atoms with Gasteiger partial charge < -0.3 is 26.0 Å². The zero-order valence-corrected chi connectivity index (χ0v) is 21.9. The number of carbonyl (C=O) groups is 4. The number of nitrogens with zero attached hydrogens (tertiary/aromatic N) is 1. The Morgan fingerprint density at radius 3 is 2.37 bits per heavy atom. The second kappa shape index (κ2) is 9.05. The van der Waals surface area contributed by atoms with E-state index in [9.17, 15) is 24.3 Å². The van der Waals surface area contributed by atoms with Crippen molar-refractivity contribution in [2.24, 2.45) is 40.4 Å². The van der Waals surface area contributed by atoms with Crippen molar-refractivity contribution in [3.8, 4) is 0 Å². The molecule has 0 aromatic heterocycles. The SMILES string of the molecule is C[C@@H]1C[C@H]1C(=O)N[C@H](C(=O)N1C[C@H]2[C@@H]([C@H]1C(=O)N[C@H](CO)C[C@@H]1CCNC1=O)C2(C)C)C(C)(C)C. The molecule has 4 aliphatic rings. The van der Waals surface area contributed by atoms with Gasteiger partial charge in [-0.1, -0.05) is 41.5 Å². The Hall–Kier alpha value is -2.16. The van der Waals surface area contributed by atoms with Crippen LogP contribution in [0.25, 0.3) is 0 Å². The summed E-state index contributed by atoms with van der Waals surface area (Å²) in [5.41, 5.74) is -0.569. The third-order valence-corrected chi connectivity index (χ3v) is 8.90. The highest BCUT2D eigenvalue weighted by molar-refractivity contribution is 5.94. The molecule has 4 N–H and O–H groups in total. The minimum atomic E-state index is -0.727. The molecular weight excluding hydrogens is 448 g/mol. The fourth-order valence-corrected chi connectivity index (χ4v) is 6.24. The van der Waals surface area contributed by atoms with E-state index >= 15 is 0 Å². The molecule has 0 unspecified atom stereocenters. The molecule has 4 rings (SSSR count). The second-order valence-corrected chi connectivity index (χ2v) is 12.9. The molecule has 4 amide bonds. The van der Waals surface area contributed by atoms with E-state index in [0.717, 1.165) is 6.42 Å². The van der Waals surface area contributed by atoms with Gasteiger partial charge in [-0.25, -0.2) is 0 Å². The van der Waals surface area contributed by atoms with Gasteiger partial charge >= 0.3 is 0 Å². The Morgan fingerprint density at radius 2 is 1.86 bits per heavy atom. The molecule has 0 radical (unpaired) electrons. The fourth-order valence-electron chi connectivity index (χ4n) is 6.24. The Balaban J connectivity index is 1.50. The lowest BCUT2D eigenvalue weighted by Gasteiger charge is -2.38. The summed E-state index contributed by atoms with van der Waals surface area (Å²) in [5.74, 6) is -0.349. The number of amides is 4. The Labute approximate surface area is 208 Å². The van der Waals surface area contributed by atoms with Crippen molar-refractivity contribution in [2.45, 2.75) is 78.9 Å². The number of hydrogen-bond acceptors (Lipinski definition) is 5. The molecule has 4 fully saturated rings. The molecule has 9 nitrogen and oxygen atoms in total. The molecule has 9 heteroatoms. The highest BCUT2D eigenvalue weighted by atomic mass is 16.3. The summed E-state index contributed by atoms with van der Waals surface area (Å²) >= 11 is 0. The first-order chi connectivity index (χ1) is 16.3. The first kappa shape index (κ1) is 25.9. The van der Waals surface area contributed by atoms with Gasteiger partial charge in [-0.2, -0.15) is 0 Å². The highest BCUT2D eigenvalue weighted by Crippen LogP contribution is 2.65. The van der Waals surface area contributed by atoms with Crippen LogP contribution in [-0.4, -0.2) is 71.5 Å². The van der Waals surface area contributed by atoms with Crippen LogP contribution in [-0.2, 0) is 19.2 Å². The topological polar surface area (TPSA) is 128 Å². The van der Waals surface area contributed by atoms with Gasteiger partial charge in [0.15, 0.2) is 0 Å². The Kier molecular flexibility index (Phi) is 6.70. The lowest BCUT2D eigenvalue weighted by atomic mass is 9.85. The van der Waals surface area contributed by atoms with E-state index in [4.69, 9.17) is 0 Å². The van der Waals surface area contributed by atoms with E-state index < -0.39 is 23.5 Å². The molecule has 8 atom stereocenters. The Bertz CT molecular complexity index is 897. The van der Waals surface area contributed by atoms with Crippen molar-refractivity contribution >= 4 is 23.6 Å². The molecule has 2 heterocycles. The third-order valence-electron chi connectivity index (χ3n) is 8.90. The third kappa shape index (κ3) is 4.93. The van der Waals surface area contributed by atoms with Gasteiger partial charge in [0.1, 0.15) is 12.1 Å². The number of piperidine rings is 1. The molecule has 0 spiro atoms. The average Bonchev–Trinajstić information content (AvgIpc) is 3.42. The number of fused-ring (bicyclic) bond motifs is 1. The molecule has 2 saturated heterocycles. The van der Waals surface area contributed by atoms with Gasteiger partial charge in [0, 0.05) is 24.9 Å². The number of carbonyl (C=O) groups excluding carboxylic acids is 4. The van der Waals surface area contributed by atoms with E-state index in [-0.39, 0.29) is 59.3 Å². The number of aliphatic hydroxyl groups excluding tert-OH is 1. The molecule has 2 aliphatic heterocycles. The maximum Gasteiger partial charge on any atom is 0.246 e. The summed E-state index contributed by atoms with van der Waals surface area (Å²) in [6.45, 7) is 12.9. The minimum Gasteiger partial charge on any atom is -0.394 e. The summed E-state index contributed by atoms with van der Waals surface area (Å²) in [6, 6.07) is -1.94. The van der Waals surface area contributed by atoms with Crippen LogP contribution in [0.3, 0.4) is 0 Å². The van der Waals surface area contributed by atoms with Crippen LogP contribution in [0, 0.1) is 40.4 Å². The van der Waals surface area contributed by atoms with Crippen molar-refractivity contribution in [1.82, 2.24) is 20.9 Å². The lowest BCUT2D eigenvalue weighted by Crippen LogP contribution is -2.60. The Morgan fingerprint density at radius 1 is 1.20 bits per heavy atom. The normalized spacial score (nSPS) is 34.5. The van der Waals surface area contributed by atoms with Crippen LogP contribution in [0.5, 0.6) is 0 Å². The highest BCUT2D eigenvalue weighted by Gasteiger charge is 2.69. The molecular formula is C26H42N4O5. The maximum atomic E-state index is 13.9. The van der Waals surface area contributed by atoms with Gasteiger partial charge in [0.2, 0.25) is 23.6 Å². The number of likely N-dealkylation sites (tertiary alicyclic amines) is 1. The summed E-state index contributed by atoms with van der Waals surface area (Å²) in [4.78, 5) is 53.8. The van der Waals surface area contributed by atoms with Gasteiger partial charge in [-0.3, -0.25) is 19.2 Å². The zero-order chi connectivity index (χ0) is 25.9. The van der Waals surface area contributed by atoms with Crippen molar-refractivity contribution < 1.29 is 24.3 Å². The molecule has 0 aromatic rings. The minimum absolute atomic E-state index is 0.0281. The first-order valence-electron chi connectivity index (χ1n) is 13.1. The molecule has 0 bridgehead atoms. The van der Waals surface area contributed by atoms with E-state index in [1.807, 2.05) is 27.7 Å². The van der Waals surface area contributed by atoms with E-state index in [0.29, 0.717) is 31.8 Å². The van der Waals surface area contributed by atoms with Crippen molar-refractivity contribution in [1.29, 1.82) is 0 Å². The molecule has 2 aliphatic carbocycles. The fraction of sp³-hybridized carbons (Fsp3) is 0.846. The standard InChI is InChI=1S/C26H42N4O5/c1-13-9-16(13)22(33)29-20(25(2,3)4)24(35)30-11-17-18(26(17,5)6)19(30)23(34)28-15(12-31)10-14-7-8-27-21(14)32/h13-20,31H,7-12H2,1-6H3,(H,27,32)(H,28,34)(H,29,33)/t13-,14+,15+,16-,17+,18+,19+,20-/m1/s1. The van der Waals surface area contributed by atoms with Crippen LogP contribution in [0.15, 0.2) is 0 Å². The first-order valence-corrected chi connectivity index (χ1v) is 13.1. The van der Waals surface area contributed by atoms with Crippen molar-refractivity contribution in [3.63, 3.8) is 0 Å². The lowest BCUT2D eigenvalue weighted by molar-refractivity contribution is -0.146. The van der Waals surface area contributed by atoms with Crippen molar-refractivity contribution in [3.05, 3.63) is 0 Å². The van der Waals surface area contributed by atoms with Crippen LogP contribution < -0.4 is 16.0 Å². The van der Waals surface area contributed by atoms with E-state index in [2.05, 4.69) is 29.8 Å². The number of hydrogen-bond donors (Lipinski definition) is 4. The average molecular weight is 491 g/mol. The summed E-state index contributed by atoms with van der Waals surface area (Å²) in [5, 5.41) is 18.6. The number of aliphatic hydroxyl groups is 1. The predicted octanol–water partition coefficient (Wildman–Crippen LogP) is 0.660. The zero-order valence-electron chi connectivity index (χ0n) is 21.9. The van der Waals surface area contributed by atoms with E-state index in [1.54, 1.807) is 4.90 Å². The van der Waals surface area contributed by atoms with E-state index in [1.165, 1.54) is 0 Å². The smallest absolute Gasteiger partial charge is 0.246 e. The predicted molar refractivity (Wildman–Crippen MR) is 130 cm³/mol. The summed E-state index contributed by atoms with van der Waals surface area (Å²) in [6.07, 6.45) is 1.89. The molecule has 196 valence electrons. The summed E-state index contributed by atoms with van der Waals surface area (Å²) < 4.78 is 0.